The van der Waals surface area contributed by atoms with E-state index in [2.05, 4.69) is 0 Å². The lowest BCUT2D eigenvalue weighted by atomic mass is 9.80. The summed E-state index contributed by atoms with van der Waals surface area (Å²) >= 11 is 1.58. The van der Waals surface area contributed by atoms with Gasteiger partial charge >= 0.3 is 0 Å². The van der Waals surface area contributed by atoms with Crippen molar-refractivity contribution in [2.75, 3.05) is 0 Å². The Hall–Kier alpha value is -1.48. The predicted molar refractivity (Wildman–Crippen MR) is 67.8 cm³/mol. The van der Waals surface area contributed by atoms with Crippen molar-refractivity contribution < 1.29 is 9.18 Å². The Bertz CT molecular complexity index is 507. The van der Waals surface area contributed by atoms with Crippen LogP contribution in [-0.2, 0) is 16.6 Å². The molecule has 0 aliphatic heterocycles. The Kier molecular flexibility index (Phi) is 3.38. The molecule has 2 rings (SSSR count). The zero-order valence-corrected chi connectivity index (χ0v) is 10.3. The van der Waals surface area contributed by atoms with Crippen molar-refractivity contribution in [1.29, 1.82) is 0 Å². The summed E-state index contributed by atoms with van der Waals surface area (Å²) in [6.07, 6.45) is 1.38. The largest absolute Gasteiger partial charge is 0.302 e. The summed E-state index contributed by atoms with van der Waals surface area (Å²) in [5.74, 6) is -0.321. The van der Waals surface area contributed by atoms with Crippen LogP contribution in [0.4, 0.5) is 4.39 Å². The highest BCUT2D eigenvalue weighted by atomic mass is 32.1. The highest BCUT2D eigenvalue weighted by Crippen LogP contribution is 2.29. The number of hydrogen-bond donors (Lipinski definition) is 0. The number of aldehydes is 1. The molecule has 0 fully saturated rings. The first-order valence-electron chi connectivity index (χ1n) is 5.39. The monoisotopic (exact) mass is 248 g/mol. The minimum Gasteiger partial charge on any atom is -0.302 e. The molecule has 1 unspecified atom stereocenters. The minimum absolute atomic E-state index is 0.321. The molecule has 1 nitrogen and oxygen atoms in total. The third-order valence-corrected chi connectivity index (χ3v) is 3.75. The minimum atomic E-state index is -0.795. The first kappa shape index (κ1) is 12.0. The molecular weight excluding hydrogens is 235 g/mol. The number of benzene rings is 1. The maximum atomic E-state index is 13.7. The van der Waals surface area contributed by atoms with Gasteiger partial charge in [0.05, 0.1) is 5.41 Å². The van der Waals surface area contributed by atoms with Crippen LogP contribution in [0.1, 0.15) is 17.4 Å². The van der Waals surface area contributed by atoms with Crippen molar-refractivity contribution in [3.63, 3.8) is 0 Å². The highest BCUT2D eigenvalue weighted by Gasteiger charge is 2.29. The van der Waals surface area contributed by atoms with Crippen LogP contribution < -0.4 is 0 Å². The molecule has 1 atom stereocenters. The molecule has 1 aromatic carbocycles. The average Bonchev–Trinajstić information content (AvgIpc) is 2.82. The smallest absolute Gasteiger partial charge is 0.130 e. The van der Waals surface area contributed by atoms with E-state index in [1.165, 1.54) is 6.07 Å². The van der Waals surface area contributed by atoms with E-state index in [0.29, 0.717) is 12.0 Å². The standard InChI is InChI=1S/C14H13FOS/c1-14(10-16,9-11-5-4-8-17-11)12-6-2-3-7-13(12)15/h2-8,10H,9H2,1H3. The fraction of sp³-hybridized carbons (Fsp3) is 0.214. The number of thiophene rings is 1. The van der Waals surface area contributed by atoms with E-state index in [1.807, 2.05) is 17.5 Å². The molecule has 3 heteroatoms. The third-order valence-electron chi connectivity index (χ3n) is 2.87. The SMILES string of the molecule is CC(C=O)(Cc1cccs1)c1ccccc1F. The van der Waals surface area contributed by atoms with E-state index >= 15 is 0 Å². The number of hydrogen-bond acceptors (Lipinski definition) is 2. The lowest BCUT2D eigenvalue weighted by Gasteiger charge is -2.23. The van der Waals surface area contributed by atoms with Crippen molar-refractivity contribution in [1.82, 2.24) is 0 Å². The molecule has 17 heavy (non-hydrogen) atoms. The molecule has 0 saturated carbocycles. The van der Waals surface area contributed by atoms with Gasteiger partial charge in [-0.25, -0.2) is 4.39 Å². The van der Waals surface area contributed by atoms with Crippen LogP contribution in [0.3, 0.4) is 0 Å². The zero-order valence-electron chi connectivity index (χ0n) is 9.52. The Morgan fingerprint density at radius 2 is 2.06 bits per heavy atom. The van der Waals surface area contributed by atoms with Crippen LogP contribution >= 0.6 is 11.3 Å². The van der Waals surface area contributed by atoms with Crippen LogP contribution in [0.5, 0.6) is 0 Å². The van der Waals surface area contributed by atoms with Crippen LogP contribution in [0.25, 0.3) is 0 Å². The van der Waals surface area contributed by atoms with E-state index in [-0.39, 0.29) is 5.82 Å². The maximum absolute atomic E-state index is 13.7. The lowest BCUT2D eigenvalue weighted by molar-refractivity contribution is -0.112. The first-order chi connectivity index (χ1) is 8.15. The van der Waals surface area contributed by atoms with Gasteiger partial charge in [0.15, 0.2) is 0 Å². The van der Waals surface area contributed by atoms with E-state index in [4.69, 9.17) is 0 Å². The Morgan fingerprint density at radius 3 is 2.65 bits per heavy atom. The number of carbonyl (C=O) groups is 1. The van der Waals surface area contributed by atoms with Crippen molar-refractivity contribution in [2.24, 2.45) is 0 Å². The topological polar surface area (TPSA) is 17.1 Å². The van der Waals surface area contributed by atoms with E-state index < -0.39 is 5.41 Å². The van der Waals surface area contributed by atoms with Gasteiger partial charge in [-0.1, -0.05) is 24.3 Å². The number of carbonyl (C=O) groups excluding carboxylic acids is 1. The van der Waals surface area contributed by atoms with Gasteiger partial charge in [0.1, 0.15) is 12.1 Å². The molecule has 0 radical (unpaired) electrons. The molecule has 0 spiro atoms. The fourth-order valence-corrected chi connectivity index (χ4v) is 2.77. The van der Waals surface area contributed by atoms with E-state index in [0.717, 1.165) is 11.2 Å². The molecular formula is C14H13FOS. The summed E-state index contributed by atoms with van der Waals surface area (Å²) in [4.78, 5) is 12.4. The van der Waals surface area contributed by atoms with Gasteiger partial charge in [0, 0.05) is 10.4 Å². The predicted octanol–water partition coefficient (Wildman–Crippen LogP) is 3.59. The number of rotatable bonds is 4. The second-order valence-corrected chi connectivity index (χ2v) is 5.30. The quantitative estimate of drug-likeness (QED) is 0.756. The normalized spacial score (nSPS) is 14.2. The Morgan fingerprint density at radius 1 is 1.29 bits per heavy atom. The van der Waals surface area contributed by atoms with Gasteiger partial charge < -0.3 is 4.79 Å². The van der Waals surface area contributed by atoms with Crippen LogP contribution in [0.15, 0.2) is 41.8 Å². The van der Waals surface area contributed by atoms with Gasteiger partial charge in [0.25, 0.3) is 0 Å². The summed E-state index contributed by atoms with van der Waals surface area (Å²) in [7, 11) is 0. The third kappa shape index (κ3) is 2.44. The van der Waals surface area contributed by atoms with Crippen molar-refractivity contribution in [3.05, 3.63) is 58.0 Å². The Balaban J connectivity index is 2.37. The van der Waals surface area contributed by atoms with E-state index in [9.17, 15) is 9.18 Å². The van der Waals surface area contributed by atoms with Crippen molar-refractivity contribution in [3.8, 4) is 0 Å². The molecule has 0 bridgehead atoms. The number of halogens is 1. The van der Waals surface area contributed by atoms with Gasteiger partial charge in [-0.15, -0.1) is 11.3 Å². The zero-order chi connectivity index (χ0) is 12.3. The molecule has 0 amide bonds. The second kappa shape index (κ2) is 4.80. The van der Waals surface area contributed by atoms with Gasteiger partial charge in [0.2, 0.25) is 0 Å². The summed E-state index contributed by atoms with van der Waals surface area (Å²) in [5, 5.41) is 1.96. The summed E-state index contributed by atoms with van der Waals surface area (Å²) in [6, 6.07) is 10.4. The summed E-state index contributed by atoms with van der Waals surface area (Å²) in [6.45, 7) is 1.78. The summed E-state index contributed by atoms with van der Waals surface area (Å²) in [5.41, 5.74) is -0.334. The first-order valence-corrected chi connectivity index (χ1v) is 6.27. The summed E-state index contributed by atoms with van der Waals surface area (Å²) < 4.78 is 13.7. The van der Waals surface area contributed by atoms with Gasteiger partial charge in [-0.05, 0) is 30.9 Å². The second-order valence-electron chi connectivity index (χ2n) is 4.27. The average molecular weight is 248 g/mol. The fourth-order valence-electron chi connectivity index (χ4n) is 1.90. The van der Waals surface area contributed by atoms with Gasteiger partial charge in [-0.3, -0.25) is 0 Å². The highest BCUT2D eigenvalue weighted by molar-refractivity contribution is 7.09. The molecule has 1 heterocycles. The molecule has 0 aliphatic carbocycles. The molecule has 0 aliphatic rings. The van der Waals surface area contributed by atoms with Crippen LogP contribution in [-0.4, -0.2) is 6.29 Å². The molecule has 2 aromatic rings. The van der Waals surface area contributed by atoms with Crippen LogP contribution in [0, 0.1) is 5.82 Å². The molecule has 88 valence electrons. The van der Waals surface area contributed by atoms with Crippen LogP contribution in [0.2, 0.25) is 0 Å². The molecule has 0 saturated heterocycles. The maximum Gasteiger partial charge on any atom is 0.130 e. The Labute approximate surface area is 104 Å². The van der Waals surface area contributed by atoms with E-state index in [1.54, 1.807) is 36.5 Å². The van der Waals surface area contributed by atoms with Gasteiger partial charge in [-0.2, -0.15) is 0 Å². The lowest BCUT2D eigenvalue weighted by Crippen LogP contribution is -2.27. The van der Waals surface area contributed by atoms with Crippen molar-refractivity contribution in [2.45, 2.75) is 18.8 Å². The van der Waals surface area contributed by atoms with Crippen molar-refractivity contribution >= 4 is 17.6 Å². The molecule has 1 aromatic heterocycles. The molecule has 0 N–H and O–H groups in total.